The van der Waals surface area contributed by atoms with E-state index < -0.39 is 0 Å². The number of aryl methyl sites for hydroxylation is 1. The lowest BCUT2D eigenvalue weighted by molar-refractivity contribution is 0.283. The topological polar surface area (TPSA) is 70.9 Å². The van der Waals surface area contributed by atoms with Crippen molar-refractivity contribution in [3.8, 4) is 0 Å². The van der Waals surface area contributed by atoms with E-state index in [0.29, 0.717) is 12.1 Å². The Morgan fingerprint density at radius 3 is 2.76 bits per heavy atom. The Bertz CT molecular complexity index is 1140. The summed E-state index contributed by atoms with van der Waals surface area (Å²) in [5, 5.41) is 11.3. The number of benzene rings is 1. The predicted octanol–water partition coefficient (Wildman–Crippen LogP) is 2.87. The fourth-order valence-electron chi connectivity index (χ4n) is 3.24. The number of aromatic nitrogens is 3. The molecule has 0 aliphatic carbocycles. The van der Waals surface area contributed by atoms with Gasteiger partial charge in [0.1, 0.15) is 11.3 Å². The first-order chi connectivity index (χ1) is 12.1. The molecule has 0 aliphatic rings. The number of halogens is 1. The molecule has 0 aliphatic heterocycles. The average Bonchev–Trinajstić information content (AvgIpc) is 2.95. The summed E-state index contributed by atoms with van der Waals surface area (Å²) >= 11 is 0. The fraction of sp³-hybridized carbons (Fsp3) is 0.158. The second-order valence-corrected chi connectivity index (χ2v) is 6.13. The molecule has 0 saturated carbocycles. The SMILES string of the molecule is Cc1cc2c(ncc3c2c(CO)cn3Cc2ccc(F)cc2)c(=O)[nH]1. The number of aliphatic hydroxyl groups excluding tert-OH is 1. The Morgan fingerprint density at radius 1 is 1.28 bits per heavy atom. The van der Waals surface area contributed by atoms with E-state index in [1.807, 2.05) is 23.8 Å². The zero-order valence-electron chi connectivity index (χ0n) is 13.6. The molecule has 2 N–H and O–H groups in total. The third-order valence-corrected chi connectivity index (χ3v) is 4.36. The summed E-state index contributed by atoms with van der Waals surface area (Å²) in [4.78, 5) is 19.2. The number of pyridine rings is 2. The number of H-pyrrole nitrogens is 1. The van der Waals surface area contributed by atoms with E-state index >= 15 is 0 Å². The van der Waals surface area contributed by atoms with Gasteiger partial charge in [0, 0.05) is 34.8 Å². The zero-order chi connectivity index (χ0) is 17.6. The van der Waals surface area contributed by atoms with Crippen LogP contribution in [0.4, 0.5) is 4.39 Å². The fourth-order valence-corrected chi connectivity index (χ4v) is 3.24. The van der Waals surface area contributed by atoms with Crippen LogP contribution < -0.4 is 5.56 Å². The average molecular weight is 337 g/mol. The summed E-state index contributed by atoms with van der Waals surface area (Å²) < 4.78 is 15.1. The van der Waals surface area contributed by atoms with Gasteiger partial charge in [-0.15, -0.1) is 0 Å². The molecule has 3 aromatic heterocycles. The zero-order valence-corrected chi connectivity index (χ0v) is 13.6. The number of hydrogen-bond acceptors (Lipinski definition) is 3. The van der Waals surface area contributed by atoms with Crippen LogP contribution in [0.2, 0.25) is 0 Å². The van der Waals surface area contributed by atoms with Gasteiger partial charge in [-0.1, -0.05) is 12.1 Å². The van der Waals surface area contributed by atoms with Gasteiger partial charge in [0.25, 0.3) is 5.56 Å². The first kappa shape index (κ1) is 15.5. The van der Waals surface area contributed by atoms with Crippen molar-refractivity contribution in [1.29, 1.82) is 0 Å². The minimum atomic E-state index is -0.278. The third kappa shape index (κ3) is 2.60. The lowest BCUT2D eigenvalue weighted by Crippen LogP contribution is -2.09. The molecule has 3 heterocycles. The van der Waals surface area contributed by atoms with E-state index in [0.717, 1.165) is 33.1 Å². The smallest absolute Gasteiger partial charge is 0.274 e. The summed E-state index contributed by atoms with van der Waals surface area (Å²) in [7, 11) is 0. The second-order valence-electron chi connectivity index (χ2n) is 6.13. The Balaban J connectivity index is 1.96. The molecular weight excluding hydrogens is 321 g/mol. The summed E-state index contributed by atoms with van der Waals surface area (Å²) in [5.41, 5.74) is 3.34. The molecule has 0 spiro atoms. The normalized spacial score (nSPS) is 11.5. The Kier molecular flexibility index (Phi) is 3.62. The van der Waals surface area contributed by atoms with Gasteiger partial charge in [-0.05, 0) is 30.7 Å². The predicted molar refractivity (Wildman–Crippen MR) is 94.0 cm³/mol. The van der Waals surface area contributed by atoms with Gasteiger partial charge in [0.15, 0.2) is 0 Å². The van der Waals surface area contributed by atoms with Gasteiger partial charge in [0.05, 0.1) is 18.3 Å². The molecule has 25 heavy (non-hydrogen) atoms. The van der Waals surface area contributed by atoms with Gasteiger partial charge in [-0.25, -0.2) is 9.37 Å². The first-order valence-corrected chi connectivity index (χ1v) is 7.92. The number of nitrogens with one attached hydrogen (secondary N) is 1. The van der Waals surface area contributed by atoms with Crippen LogP contribution in [0, 0.1) is 12.7 Å². The molecule has 4 rings (SSSR count). The minimum absolute atomic E-state index is 0.141. The minimum Gasteiger partial charge on any atom is -0.392 e. The van der Waals surface area contributed by atoms with Crippen LogP contribution in [0.1, 0.15) is 16.8 Å². The molecule has 0 fully saturated rings. The number of nitrogens with zero attached hydrogens (tertiary/aromatic N) is 2. The van der Waals surface area contributed by atoms with Crippen molar-refractivity contribution in [2.45, 2.75) is 20.1 Å². The Labute approximate surface area is 142 Å². The molecule has 4 aromatic rings. The third-order valence-electron chi connectivity index (χ3n) is 4.36. The van der Waals surface area contributed by atoms with Crippen LogP contribution >= 0.6 is 0 Å². The molecule has 0 atom stereocenters. The number of fused-ring (bicyclic) bond motifs is 3. The van der Waals surface area contributed by atoms with Crippen LogP contribution in [-0.4, -0.2) is 19.6 Å². The Hall–Kier alpha value is -2.99. The number of aliphatic hydroxyl groups is 1. The largest absolute Gasteiger partial charge is 0.392 e. The first-order valence-electron chi connectivity index (χ1n) is 7.92. The number of aromatic amines is 1. The highest BCUT2D eigenvalue weighted by Crippen LogP contribution is 2.28. The maximum atomic E-state index is 13.1. The summed E-state index contributed by atoms with van der Waals surface area (Å²) in [6.07, 6.45) is 3.50. The molecule has 0 amide bonds. The van der Waals surface area contributed by atoms with Gasteiger partial charge >= 0.3 is 0 Å². The van der Waals surface area contributed by atoms with Gasteiger partial charge < -0.3 is 14.7 Å². The maximum absolute atomic E-state index is 13.1. The van der Waals surface area contributed by atoms with Crippen LogP contribution in [0.15, 0.2) is 47.5 Å². The quantitative estimate of drug-likeness (QED) is 0.604. The highest BCUT2D eigenvalue weighted by atomic mass is 19.1. The van der Waals surface area contributed by atoms with Crippen molar-refractivity contribution in [3.63, 3.8) is 0 Å². The number of hydrogen-bond donors (Lipinski definition) is 2. The van der Waals surface area contributed by atoms with Crippen LogP contribution in [0.3, 0.4) is 0 Å². The van der Waals surface area contributed by atoms with E-state index in [-0.39, 0.29) is 18.0 Å². The van der Waals surface area contributed by atoms with E-state index in [2.05, 4.69) is 9.97 Å². The molecule has 1 aromatic carbocycles. The second kappa shape index (κ2) is 5.82. The molecule has 0 unspecified atom stereocenters. The lowest BCUT2D eigenvalue weighted by Gasteiger charge is -2.07. The van der Waals surface area contributed by atoms with Crippen molar-refractivity contribution in [1.82, 2.24) is 14.5 Å². The molecule has 0 radical (unpaired) electrons. The van der Waals surface area contributed by atoms with Gasteiger partial charge in [-0.3, -0.25) is 4.79 Å². The van der Waals surface area contributed by atoms with Gasteiger partial charge in [0.2, 0.25) is 0 Å². The van der Waals surface area contributed by atoms with E-state index in [1.54, 1.807) is 18.3 Å². The molecule has 5 nitrogen and oxygen atoms in total. The maximum Gasteiger partial charge on any atom is 0.274 e. The van der Waals surface area contributed by atoms with Crippen molar-refractivity contribution in [2.24, 2.45) is 0 Å². The van der Waals surface area contributed by atoms with Crippen molar-refractivity contribution < 1.29 is 9.50 Å². The van der Waals surface area contributed by atoms with Crippen LogP contribution in [0.25, 0.3) is 21.8 Å². The van der Waals surface area contributed by atoms with Crippen LogP contribution in [-0.2, 0) is 13.2 Å². The van der Waals surface area contributed by atoms with Crippen LogP contribution in [0.5, 0.6) is 0 Å². The van der Waals surface area contributed by atoms with E-state index in [1.165, 1.54) is 12.1 Å². The highest BCUT2D eigenvalue weighted by Gasteiger charge is 2.14. The summed E-state index contributed by atoms with van der Waals surface area (Å²) in [6.45, 7) is 2.19. The summed E-state index contributed by atoms with van der Waals surface area (Å²) in [5.74, 6) is -0.278. The van der Waals surface area contributed by atoms with Crippen molar-refractivity contribution in [3.05, 3.63) is 75.7 Å². The lowest BCUT2D eigenvalue weighted by atomic mass is 10.1. The molecule has 126 valence electrons. The summed E-state index contributed by atoms with van der Waals surface area (Å²) in [6, 6.07) is 8.16. The van der Waals surface area contributed by atoms with E-state index in [9.17, 15) is 14.3 Å². The van der Waals surface area contributed by atoms with Crippen molar-refractivity contribution >= 4 is 21.8 Å². The molecular formula is C19H16FN3O2. The standard InChI is InChI=1S/C19H16FN3O2/c1-11-6-15-17-13(10-24)9-23(8-12-2-4-14(20)5-3-12)16(17)7-21-18(15)19(25)22-11/h2-7,9,24H,8,10H2,1H3,(H,22,25). The van der Waals surface area contributed by atoms with E-state index in [4.69, 9.17) is 0 Å². The molecule has 0 saturated heterocycles. The monoisotopic (exact) mass is 337 g/mol. The van der Waals surface area contributed by atoms with Gasteiger partial charge in [-0.2, -0.15) is 0 Å². The molecule has 6 heteroatoms. The Morgan fingerprint density at radius 2 is 2.04 bits per heavy atom. The highest BCUT2D eigenvalue weighted by molar-refractivity contribution is 6.06. The number of rotatable bonds is 3. The van der Waals surface area contributed by atoms with Crippen molar-refractivity contribution in [2.75, 3.05) is 0 Å². The molecule has 0 bridgehead atoms.